The van der Waals surface area contributed by atoms with Gasteiger partial charge in [0, 0.05) is 16.8 Å². The van der Waals surface area contributed by atoms with Gasteiger partial charge in [-0.05, 0) is 55.8 Å². The number of hydrogen-bond acceptors (Lipinski definition) is 4. The predicted molar refractivity (Wildman–Crippen MR) is 114 cm³/mol. The Morgan fingerprint density at radius 3 is 2.63 bits per heavy atom. The number of unbranched alkanes of at least 4 members (excludes halogenated alkanes) is 1. The molecule has 0 aliphatic rings. The number of imidazole rings is 1. The van der Waals surface area contributed by atoms with E-state index in [-0.39, 0.29) is 12.4 Å². The number of nitrogens with one attached hydrogen (secondary N) is 2. The van der Waals surface area contributed by atoms with Crippen molar-refractivity contribution in [3.05, 3.63) is 54.5 Å². The quantitative estimate of drug-likeness (QED) is 0.416. The van der Waals surface area contributed by atoms with Crippen molar-refractivity contribution < 1.29 is 4.74 Å². The molecule has 0 unspecified atom stereocenters. The number of pyridine rings is 1. The third-order valence-corrected chi connectivity index (χ3v) is 4.39. The zero-order valence-electron chi connectivity index (χ0n) is 15.5. The highest BCUT2D eigenvalue weighted by molar-refractivity contribution is 6.10. The van der Waals surface area contributed by atoms with Gasteiger partial charge in [0.25, 0.3) is 0 Å². The van der Waals surface area contributed by atoms with E-state index in [4.69, 9.17) is 4.74 Å². The van der Waals surface area contributed by atoms with E-state index >= 15 is 0 Å². The number of aromatic amines is 1. The number of benzene rings is 2. The van der Waals surface area contributed by atoms with E-state index in [1.165, 1.54) is 0 Å². The molecule has 0 aliphatic carbocycles. The summed E-state index contributed by atoms with van der Waals surface area (Å²) in [4.78, 5) is 12.2. The van der Waals surface area contributed by atoms with Crippen LogP contribution in [0, 0.1) is 6.92 Å². The largest absolute Gasteiger partial charge is 0.494 e. The predicted octanol–water partition coefficient (Wildman–Crippen LogP) is 5.76. The molecule has 0 saturated heterocycles. The molecule has 0 fully saturated rings. The zero-order valence-corrected chi connectivity index (χ0v) is 16.3. The van der Waals surface area contributed by atoms with Crippen molar-refractivity contribution in [2.45, 2.75) is 26.7 Å². The molecule has 0 saturated carbocycles. The summed E-state index contributed by atoms with van der Waals surface area (Å²) < 4.78 is 5.74. The maximum Gasteiger partial charge on any atom is 0.119 e. The summed E-state index contributed by atoms with van der Waals surface area (Å²) in [6, 6.07) is 14.1. The van der Waals surface area contributed by atoms with Gasteiger partial charge in [0.1, 0.15) is 5.75 Å². The summed E-state index contributed by atoms with van der Waals surface area (Å²) in [5.41, 5.74) is 5.88. The lowest BCUT2D eigenvalue weighted by Crippen LogP contribution is -1.97. The number of anilines is 2. The Morgan fingerprint density at radius 1 is 1.07 bits per heavy atom. The van der Waals surface area contributed by atoms with E-state index in [9.17, 15) is 0 Å². The molecular formula is C21H23ClN4O. The summed E-state index contributed by atoms with van der Waals surface area (Å²) in [5.74, 6) is 0.899. The van der Waals surface area contributed by atoms with Crippen LogP contribution in [0.25, 0.3) is 21.9 Å². The minimum absolute atomic E-state index is 0. The summed E-state index contributed by atoms with van der Waals surface area (Å²) in [6.07, 6.45) is 3.93. The maximum atomic E-state index is 5.74. The molecular weight excluding hydrogens is 360 g/mol. The first kappa shape index (κ1) is 19.0. The highest BCUT2D eigenvalue weighted by atomic mass is 35.5. The first-order valence-corrected chi connectivity index (χ1v) is 8.98. The van der Waals surface area contributed by atoms with E-state index in [0.717, 1.165) is 64.2 Å². The van der Waals surface area contributed by atoms with Gasteiger partial charge in [0.2, 0.25) is 0 Å². The van der Waals surface area contributed by atoms with Crippen LogP contribution >= 0.6 is 12.4 Å². The molecule has 2 heterocycles. The van der Waals surface area contributed by atoms with Gasteiger partial charge in [0.15, 0.2) is 0 Å². The highest BCUT2D eigenvalue weighted by Gasteiger charge is 2.10. The van der Waals surface area contributed by atoms with Crippen molar-refractivity contribution in [2.75, 3.05) is 11.9 Å². The summed E-state index contributed by atoms with van der Waals surface area (Å²) in [5, 5.41) is 4.57. The molecule has 5 nitrogen and oxygen atoms in total. The molecule has 4 aromatic rings. The summed E-state index contributed by atoms with van der Waals surface area (Å²) in [6.45, 7) is 4.93. The number of rotatable bonds is 6. The van der Waals surface area contributed by atoms with Crippen molar-refractivity contribution in [1.82, 2.24) is 15.0 Å². The fourth-order valence-electron chi connectivity index (χ4n) is 3.09. The average molecular weight is 383 g/mol. The average Bonchev–Trinajstić information content (AvgIpc) is 3.11. The van der Waals surface area contributed by atoms with E-state index < -0.39 is 0 Å². The molecule has 140 valence electrons. The van der Waals surface area contributed by atoms with Gasteiger partial charge < -0.3 is 15.0 Å². The van der Waals surface area contributed by atoms with Crippen molar-refractivity contribution >= 4 is 45.7 Å². The Bertz CT molecular complexity index is 1040. The second-order valence-electron chi connectivity index (χ2n) is 6.42. The van der Waals surface area contributed by atoms with Gasteiger partial charge in [-0.15, -0.1) is 12.4 Å². The van der Waals surface area contributed by atoms with Crippen LogP contribution in [0.1, 0.15) is 25.5 Å². The van der Waals surface area contributed by atoms with E-state index in [0.29, 0.717) is 0 Å². The van der Waals surface area contributed by atoms with Crippen molar-refractivity contribution in [3.8, 4) is 5.75 Å². The Labute approximate surface area is 164 Å². The number of fused-ring (bicyclic) bond motifs is 3. The molecule has 4 rings (SSSR count). The molecule has 0 radical (unpaired) electrons. The third-order valence-electron chi connectivity index (χ3n) is 4.39. The fraction of sp³-hybridized carbons (Fsp3) is 0.238. The molecule has 0 aliphatic heterocycles. The van der Waals surface area contributed by atoms with Crippen molar-refractivity contribution in [1.29, 1.82) is 0 Å². The lowest BCUT2D eigenvalue weighted by atomic mass is 10.1. The van der Waals surface area contributed by atoms with Crippen molar-refractivity contribution in [2.24, 2.45) is 0 Å². The number of ether oxygens (including phenoxy) is 1. The number of hydrogen-bond donors (Lipinski definition) is 2. The minimum atomic E-state index is 0. The number of halogens is 1. The number of H-pyrrole nitrogens is 1. The molecule has 0 spiro atoms. The minimum Gasteiger partial charge on any atom is -0.494 e. The third kappa shape index (κ3) is 3.98. The normalized spacial score (nSPS) is 10.7. The molecule has 0 amide bonds. The molecule has 0 atom stereocenters. The monoisotopic (exact) mass is 382 g/mol. The summed E-state index contributed by atoms with van der Waals surface area (Å²) >= 11 is 0. The van der Waals surface area contributed by atoms with Crippen LogP contribution in [-0.2, 0) is 0 Å². The smallest absolute Gasteiger partial charge is 0.119 e. The van der Waals surface area contributed by atoms with Gasteiger partial charge in [-0.2, -0.15) is 0 Å². The first-order valence-electron chi connectivity index (χ1n) is 8.98. The maximum absolute atomic E-state index is 5.74. The topological polar surface area (TPSA) is 62.8 Å². The van der Waals surface area contributed by atoms with Crippen LogP contribution in [0.2, 0.25) is 0 Å². The molecule has 2 aromatic carbocycles. The molecule has 0 bridgehead atoms. The Morgan fingerprint density at radius 2 is 1.85 bits per heavy atom. The van der Waals surface area contributed by atoms with Gasteiger partial charge in [0.05, 0.1) is 35.2 Å². The van der Waals surface area contributed by atoms with E-state index in [1.807, 2.05) is 43.3 Å². The van der Waals surface area contributed by atoms with Crippen LogP contribution in [-0.4, -0.2) is 21.6 Å². The number of aromatic nitrogens is 3. The SMILES string of the molecule is CCCCOc1ccc(Nc2cc(C)nc3ccc4nc[nH]c4c23)cc1.Cl. The van der Waals surface area contributed by atoms with Gasteiger partial charge in [-0.3, -0.25) is 4.98 Å². The Balaban J connectivity index is 0.00000210. The zero-order chi connectivity index (χ0) is 17.9. The first-order chi connectivity index (χ1) is 12.7. The van der Waals surface area contributed by atoms with Crippen molar-refractivity contribution in [3.63, 3.8) is 0 Å². The second-order valence-corrected chi connectivity index (χ2v) is 6.42. The lowest BCUT2D eigenvalue weighted by molar-refractivity contribution is 0.309. The van der Waals surface area contributed by atoms with Crippen LogP contribution in [0.3, 0.4) is 0 Å². The number of aryl methyl sites for hydroxylation is 1. The highest BCUT2D eigenvalue weighted by Crippen LogP contribution is 2.31. The fourth-order valence-corrected chi connectivity index (χ4v) is 3.09. The lowest BCUT2D eigenvalue weighted by Gasteiger charge is -2.12. The molecule has 2 aromatic heterocycles. The molecule has 27 heavy (non-hydrogen) atoms. The molecule has 6 heteroatoms. The van der Waals surface area contributed by atoms with Crippen LogP contribution < -0.4 is 10.1 Å². The Kier molecular flexibility index (Phi) is 5.81. The Hall–Kier alpha value is -2.79. The molecule has 2 N–H and O–H groups in total. The summed E-state index contributed by atoms with van der Waals surface area (Å²) in [7, 11) is 0. The van der Waals surface area contributed by atoms with E-state index in [2.05, 4.69) is 33.3 Å². The number of nitrogens with zero attached hydrogens (tertiary/aromatic N) is 2. The van der Waals surface area contributed by atoms with Crippen LogP contribution in [0.5, 0.6) is 5.75 Å². The van der Waals surface area contributed by atoms with Crippen LogP contribution in [0.4, 0.5) is 11.4 Å². The van der Waals surface area contributed by atoms with Gasteiger partial charge in [-0.25, -0.2) is 4.98 Å². The van der Waals surface area contributed by atoms with Gasteiger partial charge in [-0.1, -0.05) is 13.3 Å². The second kappa shape index (κ2) is 8.27. The van der Waals surface area contributed by atoms with Gasteiger partial charge >= 0.3 is 0 Å². The van der Waals surface area contributed by atoms with Crippen LogP contribution in [0.15, 0.2) is 48.8 Å². The standard InChI is InChI=1S/C21H22N4O.ClH/c1-3-4-11-26-16-7-5-15(6-8-16)25-19-12-14(2)24-17-9-10-18-21(20(17)19)23-13-22-18;/h5-10,12-13H,3-4,11H2,1-2H3,(H,22,23)(H,24,25);1H. The van der Waals surface area contributed by atoms with E-state index in [1.54, 1.807) is 6.33 Å².